The van der Waals surface area contributed by atoms with Gasteiger partial charge in [-0.1, -0.05) is 30.0 Å². The van der Waals surface area contributed by atoms with Gasteiger partial charge in [0.25, 0.3) is 5.91 Å². The van der Waals surface area contributed by atoms with Gasteiger partial charge in [0.1, 0.15) is 4.88 Å². The van der Waals surface area contributed by atoms with Crippen molar-refractivity contribution >= 4 is 46.4 Å². The molecule has 1 aromatic heterocycles. The van der Waals surface area contributed by atoms with Gasteiger partial charge in [0.05, 0.1) is 0 Å². The van der Waals surface area contributed by atoms with Crippen LogP contribution in [0.1, 0.15) is 28.7 Å². The summed E-state index contributed by atoms with van der Waals surface area (Å²) in [7, 11) is 1.88. The van der Waals surface area contributed by atoms with Crippen molar-refractivity contribution in [2.24, 2.45) is 12.1 Å². The lowest BCUT2D eigenvalue weighted by Crippen LogP contribution is -2.15. The second-order valence-electron chi connectivity index (χ2n) is 3.69. The van der Waals surface area contributed by atoms with Gasteiger partial charge in [-0.3, -0.25) is 4.79 Å². The summed E-state index contributed by atoms with van der Waals surface area (Å²) >= 11 is 8.12. The molecule has 0 saturated carbocycles. The van der Waals surface area contributed by atoms with E-state index in [2.05, 4.69) is 12.0 Å². The Labute approximate surface area is 113 Å². The normalized spacial score (nSPS) is 13.8. The maximum atomic E-state index is 12.1. The average molecular weight is 287 g/mol. The van der Waals surface area contributed by atoms with Gasteiger partial charge in [0.15, 0.2) is 3.95 Å². The summed E-state index contributed by atoms with van der Waals surface area (Å²) in [6, 6.07) is 0. The van der Waals surface area contributed by atoms with E-state index in [9.17, 15) is 4.79 Å². The van der Waals surface area contributed by atoms with E-state index in [1.807, 2.05) is 18.5 Å². The van der Waals surface area contributed by atoms with Crippen molar-refractivity contribution in [1.82, 2.24) is 9.58 Å². The lowest BCUT2D eigenvalue weighted by molar-refractivity contribution is 0.0891. The third kappa shape index (κ3) is 2.46. The molecule has 2 heterocycles. The van der Waals surface area contributed by atoms with Crippen LogP contribution in [0.3, 0.4) is 0 Å². The maximum absolute atomic E-state index is 12.1. The molecular formula is C10H13N3OS3. The van der Waals surface area contributed by atoms with Gasteiger partial charge in [-0.25, -0.2) is 0 Å². The number of hydrogen-bond acceptors (Lipinski definition) is 5. The average Bonchev–Trinajstić information content (AvgIpc) is 3.04. The number of amides is 1. The zero-order valence-corrected chi connectivity index (χ0v) is 12.3. The minimum atomic E-state index is -0.0576. The van der Waals surface area contributed by atoms with Crippen LogP contribution in [-0.2, 0) is 7.05 Å². The van der Waals surface area contributed by atoms with E-state index in [0.29, 0.717) is 4.88 Å². The summed E-state index contributed by atoms with van der Waals surface area (Å²) in [5, 5.41) is 6.36. The van der Waals surface area contributed by atoms with Gasteiger partial charge in [0.2, 0.25) is 5.17 Å². The van der Waals surface area contributed by atoms with Gasteiger partial charge < -0.3 is 4.57 Å². The molecule has 0 atom stereocenters. The molecule has 0 fully saturated rings. The molecule has 0 unspecified atom stereocenters. The first-order chi connectivity index (χ1) is 8.06. The van der Waals surface area contributed by atoms with Crippen LogP contribution in [0.2, 0.25) is 0 Å². The highest BCUT2D eigenvalue weighted by molar-refractivity contribution is 8.14. The van der Waals surface area contributed by atoms with E-state index in [-0.39, 0.29) is 5.91 Å². The van der Waals surface area contributed by atoms with Crippen LogP contribution in [0, 0.1) is 10.9 Å². The molecule has 4 nitrogen and oxygen atoms in total. The number of carbonyl (C=O) groups is 1. The number of hydrazone groups is 1. The molecule has 0 aliphatic carbocycles. The fraction of sp³-hybridized carbons (Fsp3) is 0.500. The maximum Gasteiger partial charge on any atom is 0.292 e. The fourth-order valence-electron chi connectivity index (χ4n) is 1.29. The van der Waals surface area contributed by atoms with Gasteiger partial charge in [-0.15, -0.1) is 5.10 Å². The van der Waals surface area contributed by atoms with Crippen LogP contribution in [0.4, 0.5) is 0 Å². The Morgan fingerprint density at radius 2 is 2.29 bits per heavy atom. The second-order valence-corrected chi connectivity index (χ2v) is 6.40. The Morgan fingerprint density at radius 3 is 2.82 bits per heavy atom. The highest BCUT2D eigenvalue weighted by atomic mass is 32.2. The molecular weight excluding hydrogens is 274 g/mol. The van der Waals surface area contributed by atoms with Crippen molar-refractivity contribution in [2.75, 3.05) is 5.75 Å². The number of thioether (sulfide) groups is 1. The number of nitrogens with zero attached hydrogens (tertiary/aromatic N) is 3. The molecule has 0 saturated heterocycles. The molecule has 2 rings (SSSR count). The van der Waals surface area contributed by atoms with Crippen LogP contribution in [0.25, 0.3) is 0 Å². The minimum Gasteiger partial charge on any atom is -0.330 e. The van der Waals surface area contributed by atoms with Crippen LogP contribution in [-0.4, -0.2) is 26.4 Å². The number of aromatic nitrogens is 1. The van der Waals surface area contributed by atoms with Crippen LogP contribution in [0.15, 0.2) is 5.10 Å². The number of thiazole rings is 1. The molecule has 1 aromatic rings. The highest BCUT2D eigenvalue weighted by Crippen LogP contribution is 2.28. The zero-order chi connectivity index (χ0) is 12.6. The Kier molecular flexibility index (Phi) is 3.70. The van der Waals surface area contributed by atoms with E-state index in [1.54, 1.807) is 11.8 Å². The molecule has 1 aliphatic rings. The first-order valence-corrected chi connectivity index (χ1v) is 7.49. The van der Waals surface area contributed by atoms with E-state index in [1.165, 1.54) is 16.3 Å². The van der Waals surface area contributed by atoms with Crippen molar-refractivity contribution < 1.29 is 4.79 Å². The standard InChI is InChI=1S/C10H13N3OS3/c1-4-5-16-9-11-13(9)8(14)7-6(2)12(3)10(15)17-7/h4-5H2,1-3H3. The van der Waals surface area contributed by atoms with Crippen molar-refractivity contribution in [3.05, 3.63) is 14.5 Å². The summed E-state index contributed by atoms with van der Waals surface area (Å²) in [6.07, 6.45) is 1.08. The SMILES string of the molecule is CCCSC1=NN1C(=O)c1sc(=S)n(C)c1C. The van der Waals surface area contributed by atoms with Crippen LogP contribution >= 0.6 is 35.3 Å². The first kappa shape index (κ1) is 12.8. The van der Waals surface area contributed by atoms with Crippen LogP contribution in [0.5, 0.6) is 0 Å². The van der Waals surface area contributed by atoms with Gasteiger partial charge in [-0.05, 0) is 25.6 Å². The predicted octanol–water partition coefficient (Wildman–Crippen LogP) is 2.99. The van der Waals surface area contributed by atoms with Gasteiger partial charge in [-0.2, -0.15) is 5.01 Å². The predicted molar refractivity (Wildman–Crippen MR) is 75.2 cm³/mol. The molecule has 7 heteroatoms. The first-order valence-electron chi connectivity index (χ1n) is 5.28. The Morgan fingerprint density at radius 1 is 1.59 bits per heavy atom. The Balaban J connectivity index is 2.08. The molecule has 0 bridgehead atoms. The highest BCUT2D eigenvalue weighted by Gasteiger charge is 2.34. The van der Waals surface area contributed by atoms with Gasteiger partial charge in [0, 0.05) is 18.5 Å². The fourth-order valence-corrected chi connectivity index (χ4v) is 3.32. The number of hydrogen-bond donors (Lipinski definition) is 0. The molecule has 1 amide bonds. The Bertz CT molecular complexity index is 543. The summed E-state index contributed by atoms with van der Waals surface area (Å²) in [5.41, 5.74) is 0.909. The summed E-state index contributed by atoms with van der Waals surface area (Å²) in [4.78, 5) is 12.8. The molecule has 17 heavy (non-hydrogen) atoms. The third-order valence-corrected chi connectivity index (χ3v) is 5.22. The lowest BCUT2D eigenvalue weighted by Gasteiger charge is -2.00. The number of rotatable bonds is 3. The van der Waals surface area contributed by atoms with Gasteiger partial charge >= 0.3 is 0 Å². The summed E-state index contributed by atoms with van der Waals surface area (Å²) < 4.78 is 2.57. The van der Waals surface area contributed by atoms with Crippen molar-refractivity contribution in [3.8, 4) is 0 Å². The lowest BCUT2D eigenvalue weighted by atomic mass is 10.4. The third-order valence-electron chi connectivity index (χ3n) is 2.44. The quantitative estimate of drug-likeness (QED) is 0.802. The van der Waals surface area contributed by atoms with E-state index in [4.69, 9.17) is 12.2 Å². The monoisotopic (exact) mass is 287 g/mol. The number of carbonyl (C=O) groups excluding carboxylic acids is 1. The van der Waals surface area contributed by atoms with E-state index in [0.717, 1.165) is 27.0 Å². The molecule has 0 radical (unpaired) electrons. The van der Waals surface area contributed by atoms with Crippen molar-refractivity contribution in [3.63, 3.8) is 0 Å². The summed E-state index contributed by atoms with van der Waals surface area (Å²) in [6.45, 7) is 4.01. The minimum absolute atomic E-state index is 0.0576. The topological polar surface area (TPSA) is 37.4 Å². The smallest absolute Gasteiger partial charge is 0.292 e. The van der Waals surface area contributed by atoms with Crippen molar-refractivity contribution in [1.29, 1.82) is 0 Å². The molecule has 0 spiro atoms. The van der Waals surface area contributed by atoms with E-state index < -0.39 is 0 Å². The Hall–Kier alpha value is -0.660. The number of amidine groups is 1. The van der Waals surface area contributed by atoms with Crippen LogP contribution < -0.4 is 0 Å². The largest absolute Gasteiger partial charge is 0.330 e. The van der Waals surface area contributed by atoms with E-state index >= 15 is 0 Å². The van der Waals surface area contributed by atoms with Crippen molar-refractivity contribution in [2.45, 2.75) is 20.3 Å². The molecule has 92 valence electrons. The summed E-state index contributed by atoms with van der Waals surface area (Å²) in [5.74, 6) is 0.935. The zero-order valence-electron chi connectivity index (χ0n) is 9.89. The molecule has 0 N–H and O–H groups in total. The second kappa shape index (κ2) is 4.91. The molecule has 1 aliphatic heterocycles. The molecule has 0 aromatic carbocycles.